The zero-order chi connectivity index (χ0) is 18.2. The lowest BCUT2D eigenvalue weighted by Gasteiger charge is -2.17. The van der Waals surface area contributed by atoms with Gasteiger partial charge in [0, 0.05) is 30.3 Å². The van der Waals surface area contributed by atoms with Gasteiger partial charge < -0.3 is 19.5 Å². The molecule has 4 nitrogen and oxygen atoms in total. The second kappa shape index (κ2) is 9.81. The van der Waals surface area contributed by atoms with Gasteiger partial charge in [0.05, 0.1) is 12.7 Å². The number of para-hydroxylation sites is 1. The predicted molar refractivity (Wildman–Crippen MR) is 104 cm³/mol. The highest BCUT2D eigenvalue weighted by atomic mass is 35.5. The summed E-state index contributed by atoms with van der Waals surface area (Å²) < 4.78 is 17.6. The summed E-state index contributed by atoms with van der Waals surface area (Å²) >= 11 is 5.95. The van der Waals surface area contributed by atoms with Crippen LogP contribution in [-0.4, -0.2) is 25.9 Å². The summed E-state index contributed by atoms with van der Waals surface area (Å²) in [5, 5.41) is 4.21. The molecule has 1 atom stereocenters. The Balaban J connectivity index is 1.66. The van der Waals surface area contributed by atoms with Crippen molar-refractivity contribution in [1.82, 2.24) is 5.32 Å². The fraction of sp³-hybridized carbons (Fsp3) is 0.429. The Labute approximate surface area is 160 Å². The molecule has 0 spiro atoms. The number of rotatable bonds is 9. The molecule has 26 heavy (non-hydrogen) atoms. The third-order valence-corrected chi connectivity index (χ3v) is 4.62. The Morgan fingerprint density at radius 3 is 2.73 bits per heavy atom. The highest BCUT2D eigenvalue weighted by molar-refractivity contribution is 6.30. The molecule has 0 aromatic heterocycles. The molecule has 0 unspecified atom stereocenters. The monoisotopic (exact) mass is 375 g/mol. The Hall–Kier alpha value is -1.75. The summed E-state index contributed by atoms with van der Waals surface area (Å²) in [6.07, 6.45) is 2.61. The highest BCUT2D eigenvalue weighted by Gasteiger charge is 2.16. The van der Waals surface area contributed by atoms with E-state index in [9.17, 15) is 0 Å². The van der Waals surface area contributed by atoms with Crippen LogP contribution in [0.1, 0.15) is 30.9 Å². The fourth-order valence-corrected chi connectivity index (χ4v) is 3.17. The molecule has 0 amide bonds. The number of benzene rings is 2. The lowest BCUT2D eigenvalue weighted by atomic mass is 10.1. The summed E-state index contributed by atoms with van der Waals surface area (Å²) in [4.78, 5) is 0. The first kappa shape index (κ1) is 19.0. The topological polar surface area (TPSA) is 39.7 Å². The fourth-order valence-electron chi connectivity index (χ4n) is 3.04. The van der Waals surface area contributed by atoms with Crippen molar-refractivity contribution < 1.29 is 14.2 Å². The zero-order valence-corrected chi connectivity index (χ0v) is 15.9. The SMILES string of the molecule is CCOc1cccc(CNC[C@@H]2CCCO2)c1OCc1ccc(Cl)cc1. The predicted octanol–water partition coefficient (Wildman–Crippen LogP) is 4.59. The maximum atomic E-state index is 6.13. The molecule has 0 radical (unpaired) electrons. The van der Waals surface area contributed by atoms with Crippen LogP contribution in [0.15, 0.2) is 42.5 Å². The molecule has 1 saturated heterocycles. The maximum absolute atomic E-state index is 6.13. The molecule has 0 bridgehead atoms. The summed E-state index contributed by atoms with van der Waals surface area (Å²) in [5.41, 5.74) is 2.15. The van der Waals surface area contributed by atoms with Gasteiger partial charge in [-0.3, -0.25) is 0 Å². The van der Waals surface area contributed by atoms with Gasteiger partial charge in [-0.2, -0.15) is 0 Å². The number of hydrogen-bond acceptors (Lipinski definition) is 4. The van der Waals surface area contributed by atoms with Crippen LogP contribution < -0.4 is 14.8 Å². The molecule has 2 aromatic rings. The standard InChI is InChI=1S/C21H26ClNO3/c1-2-24-20-7-3-5-17(13-23-14-19-6-4-12-25-19)21(20)26-15-16-8-10-18(22)11-9-16/h3,5,7-11,19,23H,2,4,6,12-15H2,1H3/t19-/m0/s1. The summed E-state index contributed by atoms with van der Waals surface area (Å²) in [6, 6.07) is 13.7. The van der Waals surface area contributed by atoms with Crippen LogP contribution in [0.4, 0.5) is 0 Å². The van der Waals surface area contributed by atoms with Gasteiger partial charge in [0.1, 0.15) is 6.61 Å². The molecular weight excluding hydrogens is 350 g/mol. The van der Waals surface area contributed by atoms with E-state index >= 15 is 0 Å². The van der Waals surface area contributed by atoms with Gasteiger partial charge in [0.15, 0.2) is 11.5 Å². The summed E-state index contributed by atoms with van der Waals surface area (Å²) in [5.74, 6) is 1.57. The van der Waals surface area contributed by atoms with E-state index in [1.165, 1.54) is 0 Å². The first-order valence-electron chi connectivity index (χ1n) is 9.20. The average molecular weight is 376 g/mol. The van der Waals surface area contributed by atoms with Gasteiger partial charge >= 0.3 is 0 Å². The molecule has 1 fully saturated rings. The first-order valence-corrected chi connectivity index (χ1v) is 9.58. The van der Waals surface area contributed by atoms with Crippen molar-refractivity contribution in [2.75, 3.05) is 19.8 Å². The molecule has 2 aromatic carbocycles. The third kappa shape index (κ3) is 5.37. The Bertz CT molecular complexity index is 684. The molecule has 5 heteroatoms. The van der Waals surface area contributed by atoms with Crippen LogP contribution >= 0.6 is 11.6 Å². The van der Waals surface area contributed by atoms with E-state index in [1.807, 2.05) is 43.3 Å². The van der Waals surface area contributed by atoms with Gasteiger partial charge in [-0.15, -0.1) is 0 Å². The van der Waals surface area contributed by atoms with Gasteiger partial charge in [0.2, 0.25) is 0 Å². The third-order valence-electron chi connectivity index (χ3n) is 4.37. The Morgan fingerprint density at radius 2 is 2.00 bits per heavy atom. The number of nitrogens with one attached hydrogen (secondary N) is 1. The maximum Gasteiger partial charge on any atom is 0.166 e. The van der Waals surface area contributed by atoms with Crippen molar-refractivity contribution in [3.8, 4) is 11.5 Å². The highest BCUT2D eigenvalue weighted by Crippen LogP contribution is 2.32. The minimum Gasteiger partial charge on any atom is -0.490 e. The van der Waals surface area contributed by atoms with Gasteiger partial charge in [-0.1, -0.05) is 35.9 Å². The summed E-state index contributed by atoms with van der Waals surface area (Å²) in [7, 11) is 0. The molecule has 1 N–H and O–H groups in total. The lowest BCUT2D eigenvalue weighted by Crippen LogP contribution is -2.26. The minimum absolute atomic E-state index is 0.323. The minimum atomic E-state index is 0.323. The van der Waals surface area contributed by atoms with Crippen LogP contribution in [0, 0.1) is 0 Å². The molecular formula is C21H26ClNO3. The van der Waals surface area contributed by atoms with E-state index < -0.39 is 0 Å². The van der Waals surface area contributed by atoms with Crippen LogP contribution in [0.3, 0.4) is 0 Å². The average Bonchev–Trinajstić information content (AvgIpc) is 3.16. The molecule has 0 saturated carbocycles. The van der Waals surface area contributed by atoms with Crippen LogP contribution in [0.2, 0.25) is 5.02 Å². The molecule has 0 aliphatic carbocycles. The Kier molecular flexibility index (Phi) is 7.18. The van der Waals surface area contributed by atoms with Crippen LogP contribution in [0.25, 0.3) is 0 Å². The van der Waals surface area contributed by atoms with E-state index in [4.69, 9.17) is 25.8 Å². The summed E-state index contributed by atoms with van der Waals surface area (Å²) in [6.45, 7) is 5.50. The second-order valence-electron chi connectivity index (χ2n) is 6.36. The number of halogens is 1. The second-order valence-corrected chi connectivity index (χ2v) is 6.79. The molecule has 3 rings (SSSR count). The molecule has 140 valence electrons. The van der Waals surface area contributed by atoms with Crippen molar-refractivity contribution in [3.05, 3.63) is 58.6 Å². The zero-order valence-electron chi connectivity index (χ0n) is 15.2. The van der Waals surface area contributed by atoms with Crippen molar-refractivity contribution in [1.29, 1.82) is 0 Å². The molecule has 1 aliphatic rings. The van der Waals surface area contributed by atoms with E-state index in [-0.39, 0.29) is 0 Å². The van der Waals surface area contributed by atoms with Crippen LogP contribution in [-0.2, 0) is 17.9 Å². The lowest BCUT2D eigenvalue weighted by molar-refractivity contribution is 0.110. The van der Waals surface area contributed by atoms with Gasteiger partial charge in [-0.25, -0.2) is 0 Å². The van der Waals surface area contributed by atoms with E-state index in [0.717, 1.165) is 60.2 Å². The van der Waals surface area contributed by atoms with Crippen LogP contribution in [0.5, 0.6) is 11.5 Å². The van der Waals surface area contributed by atoms with Crippen molar-refractivity contribution in [2.45, 2.75) is 39.0 Å². The molecule has 1 aliphatic heterocycles. The molecule has 1 heterocycles. The van der Waals surface area contributed by atoms with E-state index in [1.54, 1.807) is 0 Å². The smallest absolute Gasteiger partial charge is 0.166 e. The van der Waals surface area contributed by atoms with Crippen molar-refractivity contribution >= 4 is 11.6 Å². The largest absolute Gasteiger partial charge is 0.490 e. The van der Waals surface area contributed by atoms with Crippen molar-refractivity contribution in [2.24, 2.45) is 0 Å². The van der Waals surface area contributed by atoms with E-state index in [0.29, 0.717) is 19.3 Å². The van der Waals surface area contributed by atoms with Crippen molar-refractivity contribution in [3.63, 3.8) is 0 Å². The number of ether oxygens (including phenoxy) is 3. The number of hydrogen-bond donors (Lipinski definition) is 1. The normalized spacial score (nSPS) is 16.6. The van der Waals surface area contributed by atoms with Gasteiger partial charge in [-0.05, 0) is 43.5 Å². The van der Waals surface area contributed by atoms with Gasteiger partial charge in [0.25, 0.3) is 0 Å². The van der Waals surface area contributed by atoms with E-state index in [2.05, 4.69) is 11.4 Å². The quantitative estimate of drug-likeness (QED) is 0.696. The first-order chi connectivity index (χ1) is 12.8. The Morgan fingerprint density at radius 1 is 1.15 bits per heavy atom.